The minimum atomic E-state index is 0.130. The Kier molecular flexibility index (Phi) is 3.40. The lowest BCUT2D eigenvalue weighted by atomic mass is 10.0. The average Bonchev–Trinajstić information content (AvgIpc) is 2.86. The molecule has 0 aliphatic carbocycles. The molecule has 1 unspecified atom stereocenters. The van der Waals surface area contributed by atoms with E-state index in [9.17, 15) is 4.79 Å². The van der Waals surface area contributed by atoms with Crippen molar-refractivity contribution in [2.45, 2.75) is 19.4 Å². The molecule has 1 aliphatic heterocycles. The van der Waals surface area contributed by atoms with E-state index in [1.807, 2.05) is 6.07 Å². The van der Waals surface area contributed by atoms with E-state index in [4.69, 9.17) is 4.42 Å². The Labute approximate surface area is 89.0 Å². The molecule has 0 radical (unpaired) electrons. The van der Waals surface area contributed by atoms with Crippen molar-refractivity contribution in [3.8, 4) is 0 Å². The van der Waals surface area contributed by atoms with Gasteiger partial charge in [0.2, 0.25) is 5.91 Å². The second-order valence-electron chi connectivity index (χ2n) is 3.97. The number of hydrogen-bond donors (Lipinski definition) is 2. The van der Waals surface area contributed by atoms with Gasteiger partial charge in [0.1, 0.15) is 0 Å². The average molecular weight is 208 g/mol. The van der Waals surface area contributed by atoms with Crippen LogP contribution in [0.1, 0.15) is 18.4 Å². The Morgan fingerprint density at radius 1 is 1.67 bits per heavy atom. The third kappa shape index (κ3) is 3.09. The topological polar surface area (TPSA) is 54.3 Å². The van der Waals surface area contributed by atoms with Gasteiger partial charge in [0, 0.05) is 18.5 Å². The van der Waals surface area contributed by atoms with Crippen molar-refractivity contribution >= 4 is 5.91 Å². The summed E-state index contributed by atoms with van der Waals surface area (Å²) in [6.45, 7) is 2.58. The quantitative estimate of drug-likeness (QED) is 0.772. The second kappa shape index (κ2) is 4.98. The maximum Gasteiger partial charge on any atom is 0.220 e. The van der Waals surface area contributed by atoms with Crippen LogP contribution in [0.3, 0.4) is 0 Å². The van der Waals surface area contributed by atoms with Crippen LogP contribution in [0.5, 0.6) is 0 Å². The molecular formula is C11H16N2O2. The largest absolute Gasteiger partial charge is 0.472 e. The molecule has 1 aromatic rings. The zero-order chi connectivity index (χ0) is 10.5. The van der Waals surface area contributed by atoms with E-state index >= 15 is 0 Å². The Bertz CT molecular complexity index is 302. The SMILES string of the molecule is O=C(CC1CCNC1)NCc1ccoc1. The first kappa shape index (κ1) is 10.2. The summed E-state index contributed by atoms with van der Waals surface area (Å²) in [5.41, 5.74) is 1.01. The van der Waals surface area contributed by atoms with Crippen LogP contribution in [-0.2, 0) is 11.3 Å². The minimum Gasteiger partial charge on any atom is -0.472 e. The molecule has 0 aromatic carbocycles. The lowest BCUT2D eigenvalue weighted by Gasteiger charge is -2.07. The van der Waals surface area contributed by atoms with Crippen molar-refractivity contribution in [2.75, 3.05) is 13.1 Å². The van der Waals surface area contributed by atoms with Crippen molar-refractivity contribution in [1.29, 1.82) is 0 Å². The molecule has 82 valence electrons. The van der Waals surface area contributed by atoms with Crippen molar-refractivity contribution in [1.82, 2.24) is 10.6 Å². The van der Waals surface area contributed by atoms with Gasteiger partial charge in [-0.25, -0.2) is 0 Å². The number of furan rings is 1. The molecule has 1 aliphatic rings. The summed E-state index contributed by atoms with van der Waals surface area (Å²) in [6.07, 6.45) is 5.00. The number of nitrogens with one attached hydrogen (secondary N) is 2. The molecule has 15 heavy (non-hydrogen) atoms. The van der Waals surface area contributed by atoms with Gasteiger partial charge in [-0.05, 0) is 31.5 Å². The number of carbonyl (C=O) groups excluding carboxylic acids is 1. The molecular weight excluding hydrogens is 192 g/mol. The predicted molar refractivity (Wildman–Crippen MR) is 56.1 cm³/mol. The van der Waals surface area contributed by atoms with Crippen molar-refractivity contribution in [3.63, 3.8) is 0 Å². The number of rotatable bonds is 4. The van der Waals surface area contributed by atoms with Gasteiger partial charge < -0.3 is 15.1 Å². The van der Waals surface area contributed by atoms with Gasteiger partial charge in [-0.2, -0.15) is 0 Å². The van der Waals surface area contributed by atoms with Gasteiger partial charge in [0.15, 0.2) is 0 Å². The van der Waals surface area contributed by atoms with Crippen molar-refractivity contribution in [2.24, 2.45) is 5.92 Å². The predicted octanol–water partition coefficient (Wildman–Crippen LogP) is 0.895. The van der Waals surface area contributed by atoms with E-state index < -0.39 is 0 Å². The van der Waals surface area contributed by atoms with Crippen LogP contribution < -0.4 is 10.6 Å². The van der Waals surface area contributed by atoms with Gasteiger partial charge in [0.05, 0.1) is 12.5 Å². The Balaban J connectivity index is 1.68. The first-order valence-electron chi connectivity index (χ1n) is 5.33. The summed E-state index contributed by atoms with van der Waals surface area (Å²) < 4.78 is 4.92. The molecule has 1 amide bonds. The monoisotopic (exact) mass is 208 g/mol. The summed E-state index contributed by atoms with van der Waals surface area (Å²) >= 11 is 0. The van der Waals surface area contributed by atoms with E-state index in [-0.39, 0.29) is 5.91 Å². The Hall–Kier alpha value is -1.29. The lowest BCUT2D eigenvalue weighted by Crippen LogP contribution is -2.25. The Morgan fingerprint density at radius 2 is 2.60 bits per heavy atom. The van der Waals surface area contributed by atoms with Crippen LogP contribution in [-0.4, -0.2) is 19.0 Å². The molecule has 2 rings (SSSR count). The van der Waals surface area contributed by atoms with Gasteiger partial charge in [-0.15, -0.1) is 0 Å². The summed E-state index contributed by atoms with van der Waals surface area (Å²) in [7, 11) is 0. The van der Waals surface area contributed by atoms with Crippen LogP contribution in [0.4, 0.5) is 0 Å². The van der Waals surface area contributed by atoms with E-state index in [1.54, 1.807) is 12.5 Å². The van der Waals surface area contributed by atoms with Crippen LogP contribution in [0.2, 0.25) is 0 Å². The zero-order valence-corrected chi connectivity index (χ0v) is 8.66. The van der Waals surface area contributed by atoms with Gasteiger partial charge >= 0.3 is 0 Å². The first-order valence-corrected chi connectivity index (χ1v) is 5.33. The summed E-state index contributed by atoms with van der Waals surface area (Å²) in [6, 6.07) is 1.86. The molecule has 2 heterocycles. The summed E-state index contributed by atoms with van der Waals surface area (Å²) in [4.78, 5) is 11.5. The molecule has 4 heteroatoms. The van der Waals surface area contributed by atoms with E-state index in [2.05, 4.69) is 10.6 Å². The highest BCUT2D eigenvalue weighted by atomic mass is 16.3. The minimum absolute atomic E-state index is 0.130. The molecule has 0 bridgehead atoms. The summed E-state index contributed by atoms with van der Waals surface area (Å²) in [5.74, 6) is 0.638. The molecule has 1 atom stereocenters. The molecule has 2 N–H and O–H groups in total. The summed E-state index contributed by atoms with van der Waals surface area (Å²) in [5, 5.41) is 6.14. The third-order valence-electron chi connectivity index (χ3n) is 2.71. The fourth-order valence-electron chi connectivity index (χ4n) is 1.82. The normalized spacial score (nSPS) is 20.4. The third-order valence-corrected chi connectivity index (χ3v) is 2.71. The molecule has 1 aromatic heterocycles. The van der Waals surface area contributed by atoms with Crippen molar-refractivity contribution in [3.05, 3.63) is 24.2 Å². The fraction of sp³-hybridized carbons (Fsp3) is 0.545. The van der Waals surface area contributed by atoms with Crippen LogP contribution in [0.25, 0.3) is 0 Å². The first-order chi connectivity index (χ1) is 7.34. The highest BCUT2D eigenvalue weighted by molar-refractivity contribution is 5.76. The van der Waals surface area contributed by atoms with Crippen molar-refractivity contribution < 1.29 is 9.21 Å². The highest BCUT2D eigenvalue weighted by Gasteiger charge is 2.17. The number of hydrogen-bond acceptors (Lipinski definition) is 3. The van der Waals surface area contributed by atoms with E-state index in [0.717, 1.165) is 25.1 Å². The molecule has 0 spiro atoms. The molecule has 1 saturated heterocycles. The Morgan fingerprint density at radius 3 is 3.27 bits per heavy atom. The highest BCUT2D eigenvalue weighted by Crippen LogP contribution is 2.11. The lowest BCUT2D eigenvalue weighted by molar-refractivity contribution is -0.122. The maximum atomic E-state index is 11.5. The second-order valence-corrected chi connectivity index (χ2v) is 3.97. The number of carbonyl (C=O) groups is 1. The van der Waals surface area contributed by atoms with Gasteiger partial charge in [-0.1, -0.05) is 0 Å². The molecule has 1 fully saturated rings. The van der Waals surface area contributed by atoms with E-state index in [0.29, 0.717) is 18.9 Å². The molecule has 4 nitrogen and oxygen atoms in total. The van der Waals surface area contributed by atoms with Crippen LogP contribution in [0, 0.1) is 5.92 Å². The van der Waals surface area contributed by atoms with Crippen LogP contribution in [0.15, 0.2) is 23.0 Å². The maximum absolute atomic E-state index is 11.5. The molecule has 0 saturated carbocycles. The number of amides is 1. The van der Waals surface area contributed by atoms with Crippen LogP contribution >= 0.6 is 0 Å². The van der Waals surface area contributed by atoms with E-state index in [1.165, 1.54) is 0 Å². The van der Waals surface area contributed by atoms with Gasteiger partial charge in [0.25, 0.3) is 0 Å². The van der Waals surface area contributed by atoms with Gasteiger partial charge in [-0.3, -0.25) is 4.79 Å². The smallest absolute Gasteiger partial charge is 0.220 e. The standard InChI is InChI=1S/C11H16N2O2/c14-11(5-9-1-3-12-6-9)13-7-10-2-4-15-8-10/h2,4,8-9,12H,1,3,5-7H2,(H,13,14). The fourth-order valence-corrected chi connectivity index (χ4v) is 1.82. The zero-order valence-electron chi connectivity index (χ0n) is 8.66.